The molecule has 6 rings (SSSR count). The van der Waals surface area contributed by atoms with Crippen molar-refractivity contribution >= 4 is 5.97 Å². The molecule has 0 radical (unpaired) electrons. The lowest BCUT2D eigenvalue weighted by atomic mass is 9.84. The van der Waals surface area contributed by atoms with Crippen LogP contribution in [0.1, 0.15) is 23.3 Å². The molecule has 2 aromatic carbocycles. The summed E-state index contributed by atoms with van der Waals surface area (Å²) in [6.45, 7) is 0.879. The maximum absolute atomic E-state index is 12.7. The van der Waals surface area contributed by atoms with Crippen LogP contribution in [-0.2, 0) is 14.3 Å². The van der Waals surface area contributed by atoms with Crippen molar-refractivity contribution in [3.05, 3.63) is 47.5 Å². The van der Waals surface area contributed by atoms with E-state index in [1.807, 2.05) is 36.4 Å². The van der Waals surface area contributed by atoms with Crippen LogP contribution in [-0.4, -0.2) is 26.2 Å². The summed E-state index contributed by atoms with van der Waals surface area (Å²) in [5, 5.41) is 0. The first-order valence-electron chi connectivity index (χ1n) is 8.89. The fourth-order valence-electron chi connectivity index (χ4n) is 4.31. The minimum atomic E-state index is -0.351. The van der Waals surface area contributed by atoms with Gasteiger partial charge in [0.2, 0.25) is 13.6 Å². The molecule has 0 saturated carbocycles. The molecule has 0 aliphatic carbocycles. The van der Waals surface area contributed by atoms with Gasteiger partial charge in [-0.05, 0) is 35.4 Å². The number of rotatable bonds is 2. The Hall–Kier alpha value is -2.93. The fraction of sp³-hybridized carbons (Fsp3) is 0.350. The predicted octanol–water partition coefficient (Wildman–Crippen LogP) is 2.75. The summed E-state index contributed by atoms with van der Waals surface area (Å²) >= 11 is 0. The van der Waals surface area contributed by atoms with Crippen molar-refractivity contribution < 1.29 is 33.2 Å². The van der Waals surface area contributed by atoms with Crippen LogP contribution in [0, 0.1) is 11.8 Å². The molecule has 0 spiro atoms. The Balaban J connectivity index is 1.31. The van der Waals surface area contributed by atoms with E-state index in [4.69, 9.17) is 28.4 Å². The fourth-order valence-corrected chi connectivity index (χ4v) is 4.31. The molecule has 2 fully saturated rings. The highest BCUT2D eigenvalue weighted by atomic mass is 16.7. The topological polar surface area (TPSA) is 72.5 Å². The number of carbonyl (C=O) groups excluding carboxylic acids is 1. The lowest BCUT2D eigenvalue weighted by molar-refractivity contribution is -0.148. The van der Waals surface area contributed by atoms with Gasteiger partial charge in [0.05, 0.1) is 18.6 Å². The van der Waals surface area contributed by atoms with E-state index in [9.17, 15) is 4.79 Å². The summed E-state index contributed by atoms with van der Waals surface area (Å²) in [5.74, 6) is 2.15. The van der Waals surface area contributed by atoms with Crippen LogP contribution >= 0.6 is 0 Å². The highest BCUT2D eigenvalue weighted by Crippen LogP contribution is 2.52. The molecule has 7 heteroatoms. The summed E-state index contributed by atoms with van der Waals surface area (Å²) in [5.41, 5.74) is 1.80. The Labute approximate surface area is 154 Å². The van der Waals surface area contributed by atoms with Gasteiger partial charge in [0, 0.05) is 5.92 Å². The van der Waals surface area contributed by atoms with E-state index in [0.29, 0.717) is 29.6 Å². The maximum Gasteiger partial charge on any atom is 0.313 e. The number of fused-ring (bicyclic) bond motifs is 3. The van der Waals surface area contributed by atoms with Gasteiger partial charge < -0.3 is 28.4 Å². The Morgan fingerprint density at radius 1 is 0.741 bits per heavy atom. The zero-order valence-corrected chi connectivity index (χ0v) is 14.3. The van der Waals surface area contributed by atoms with Crippen molar-refractivity contribution in [3.63, 3.8) is 0 Å². The summed E-state index contributed by atoms with van der Waals surface area (Å²) in [7, 11) is 0. The number of ether oxygens (including phenoxy) is 6. The Kier molecular flexibility index (Phi) is 3.11. The third kappa shape index (κ3) is 2.21. The second-order valence-electron chi connectivity index (χ2n) is 7.03. The van der Waals surface area contributed by atoms with E-state index in [1.54, 1.807) is 0 Å². The van der Waals surface area contributed by atoms with Crippen LogP contribution in [0.4, 0.5) is 0 Å². The minimum absolute atomic E-state index is 0.0479. The molecule has 0 amide bonds. The predicted molar refractivity (Wildman–Crippen MR) is 89.6 cm³/mol. The monoisotopic (exact) mass is 368 g/mol. The Morgan fingerprint density at radius 3 is 2.00 bits per heavy atom. The summed E-state index contributed by atoms with van der Waals surface area (Å²) < 4.78 is 33.4. The van der Waals surface area contributed by atoms with Crippen LogP contribution < -0.4 is 18.9 Å². The van der Waals surface area contributed by atoms with Gasteiger partial charge in [0.15, 0.2) is 23.0 Å². The average molecular weight is 368 g/mol. The quantitative estimate of drug-likeness (QED) is 0.755. The number of esters is 1. The molecule has 138 valence electrons. The van der Waals surface area contributed by atoms with Gasteiger partial charge in [-0.15, -0.1) is 0 Å². The number of hydrogen-bond acceptors (Lipinski definition) is 7. The van der Waals surface area contributed by atoms with Crippen molar-refractivity contribution in [2.24, 2.45) is 11.8 Å². The lowest BCUT2D eigenvalue weighted by Crippen LogP contribution is -2.17. The second kappa shape index (κ2) is 5.53. The molecule has 2 aromatic rings. The molecule has 0 bridgehead atoms. The molecular weight excluding hydrogens is 352 g/mol. The smallest absolute Gasteiger partial charge is 0.313 e. The molecular formula is C20H16O7. The van der Waals surface area contributed by atoms with Crippen LogP contribution in [0.3, 0.4) is 0 Å². The maximum atomic E-state index is 12.7. The van der Waals surface area contributed by atoms with Gasteiger partial charge in [-0.3, -0.25) is 4.79 Å². The second-order valence-corrected chi connectivity index (χ2v) is 7.03. The molecule has 0 N–H and O–H groups in total. The molecule has 0 aromatic heterocycles. The molecule has 2 saturated heterocycles. The molecule has 7 nitrogen and oxygen atoms in total. The number of benzene rings is 2. The molecule has 4 aliphatic heterocycles. The largest absolute Gasteiger partial charge is 0.457 e. The molecule has 27 heavy (non-hydrogen) atoms. The zero-order chi connectivity index (χ0) is 18.0. The molecule has 0 unspecified atom stereocenters. The Bertz CT molecular complexity index is 884. The van der Waals surface area contributed by atoms with Crippen molar-refractivity contribution in [3.8, 4) is 23.0 Å². The van der Waals surface area contributed by atoms with Gasteiger partial charge >= 0.3 is 5.97 Å². The molecule has 4 atom stereocenters. The van der Waals surface area contributed by atoms with Crippen molar-refractivity contribution in [1.29, 1.82) is 0 Å². The van der Waals surface area contributed by atoms with Crippen molar-refractivity contribution in [2.75, 3.05) is 20.2 Å². The van der Waals surface area contributed by atoms with Gasteiger partial charge in [-0.25, -0.2) is 0 Å². The SMILES string of the molecule is O=C1O[C@@H](c2ccc3c(c2)OCO3)[C@H]2CO[C@@H](c3ccc4c(c3)OCO4)[C@H]12. The van der Waals surface area contributed by atoms with Gasteiger partial charge in [0.25, 0.3) is 0 Å². The van der Waals surface area contributed by atoms with Crippen LogP contribution in [0.5, 0.6) is 23.0 Å². The van der Waals surface area contributed by atoms with Crippen molar-refractivity contribution in [1.82, 2.24) is 0 Å². The minimum Gasteiger partial charge on any atom is -0.457 e. The van der Waals surface area contributed by atoms with E-state index < -0.39 is 0 Å². The third-order valence-corrected chi connectivity index (χ3v) is 5.61. The summed E-state index contributed by atoms with van der Waals surface area (Å²) in [6.07, 6.45) is -0.702. The normalized spacial score (nSPS) is 29.7. The van der Waals surface area contributed by atoms with Crippen molar-refractivity contribution in [2.45, 2.75) is 12.2 Å². The average Bonchev–Trinajstić information content (AvgIpc) is 3.45. The van der Waals surface area contributed by atoms with E-state index in [-0.39, 0.29) is 43.6 Å². The third-order valence-electron chi connectivity index (χ3n) is 5.61. The number of hydrogen-bond donors (Lipinski definition) is 0. The van der Waals surface area contributed by atoms with E-state index >= 15 is 0 Å². The number of carbonyl (C=O) groups is 1. The van der Waals surface area contributed by atoms with Gasteiger partial charge in [-0.2, -0.15) is 0 Å². The summed E-state index contributed by atoms with van der Waals surface area (Å²) in [6, 6.07) is 11.3. The number of cyclic esters (lactones) is 1. The highest BCUT2D eigenvalue weighted by Gasteiger charge is 2.54. The van der Waals surface area contributed by atoms with Crippen LogP contribution in [0.2, 0.25) is 0 Å². The highest BCUT2D eigenvalue weighted by molar-refractivity contribution is 5.77. The first kappa shape index (κ1) is 15.2. The standard InChI is InChI=1S/C20H16O7/c21-20-17-12(18(27-20)10-1-3-13-15(5-10)25-8-23-13)7-22-19(17)11-2-4-14-16(6-11)26-9-24-14/h1-6,12,17-19H,7-9H2/t12-,17+,18-,19-/m0/s1. The van der Waals surface area contributed by atoms with Crippen LogP contribution in [0.25, 0.3) is 0 Å². The van der Waals surface area contributed by atoms with E-state index in [1.165, 1.54) is 0 Å². The van der Waals surface area contributed by atoms with Gasteiger partial charge in [-0.1, -0.05) is 12.1 Å². The first-order valence-corrected chi connectivity index (χ1v) is 8.89. The zero-order valence-electron chi connectivity index (χ0n) is 14.3. The van der Waals surface area contributed by atoms with E-state index in [0.717, 1.165) is 11.1 Å². The summed E-state index contributed by atoms with van der Waals surface area (Å²) in [4.78, 5) is 12.7. The van der Waals surface area contributed by atoms with E-state index in [2.05, 4.69) is 0 Å². The Morgan fingerprint density at radius 2 is 1.33 bits per heavy atom. The first-order chi connectivity index (χ1) is 13.3. The molecule has 4 heterocycles. The van der Waals surface area contributed by atoms with Gasteiger partial charge in [0.1, 0.15) is 6.10 Å². The van der Waals surface area contributed by atoms with Crippen LogP contribution in [0.15, 0.2) is 36.4 Å². The molecule has 4 aliphatic rings. The lowest BCUT2D eigenvalue weighted by Gasteiger charge is -2.15.